The van der Waals surface area contributed by atoms with Crippen LogP contribution in [0.25, 0.3) is 0 Å². The van der Waals surface area contributed by atoms with E-state index in [0.717, 1.165) is 11.3 Å². The minimum Gasteiger partial charge on any atom is -0.444 e. The van der Waals surface area contributed by atoms with Crippen molar-refractivity contribution in [2.75, 3.05) is 12.8 Å². The molecule has 1 atom stereocenters. The highest BCUT2D eigenvalue weighted by molar-refractivity contribution is 7.13. The highest BCUT2D eigenvalue weighted by Gasteiger charge is 2.27. The number of hydrogen-bond donors (Lipinski definition) is 2. The SMILES string of the molecule is CON=C(C(=O)OC(=O)[C@H](C)NC(=O)OC(C)(C)C)c1csc(N)n1. The number of amides is 1. The van der Waals surface area contributed by atoms with Crippen molar-refractivity contribution in [3.05, 3.63) is 11.1 Å². The van der Waals surface area contributed by atoms with Gasteiger partial charge in [-0.3, -0.25) is 0 Å². The molecule has 0 aromatic carbocycles. The summed E-state index contributed by atoms with van der Waals surface area (Å²) < 4.78 is 9.70. The Morgan fingerprint density at radius 1 is 1.36 bits per heavy atom. The molecule has 25 heavy (non-hydrogen) atoms. The van der Waals surface area contributed by atoms with E-state index in [9.17, 15) is 14.4 Å². The number of hydrogen-bond acceptors (Lipinski definition) is 10. The lowest BCUT2D eigenvalue weighted by Crippen LogP contribution is -2.43. The number of anilines is 1. The van der Waals surface area contributed by atoms with Gasteiger partial charge >= 0.3 is 18.0 Å². The molecule has 0 aliphatic rings. The molecule has 0 aliphatic carbocycles. The molecule has 0 radical (unpaired) electrons. The lowest BCUT2D eigenvalue weighted by molar-refractivity contribution is -0.156. The Bertz CT molecular complexity index is 679. The van der Waals surface area contributed by atoms with Crippen molar-refractivity contribution in [3.8, 4) is 0 Å². The van der Waals surface area contributed by atoms with E-state index in [4.69, 9.17) is 10.5 Å². The maximum absolute atomic E-state index is 12.1. The topological polar surface area (TPSA) is 142 Å². The Labute approximate surface area is 148 Å². The second-order valence-corrected chi connectivity index (χ2v) is 6.66. The molecule has 1 amide bonds. The van der Waals surface area contributed by atoms with E-state index in [1.165, 1.54) is 19.4 Å². The zero-order valence-corrected chi connectivity index (χ0v) is 15.3. The van der Waals surface area contributed by atoms with Gasteiger partial charge < -0.3 is 25.4 Å². The predicted molar refractivity (Wildman–Crippen MR) is 90.0 cm³/mol. The molecule has 0 aliphatic heterocycles. The summed E-state index contributed by atoms with van der Waals surface area (Å²) in [5, 5.41) is 7.43. The van der Waals surface area contributed by atoms with Crippen LogP contribution in [0.4, 0.5) is 9.93 Å². The van der Waals surface area contributed by atoms with Gasteiger partial charge in [0.1, 0.15) is 24.4 Å². The average molecular weight is 372 g/mol. The summed E-state index contributed by atoms with van der Waals surface area (Å²) in [5.74, 6) is -2.09. The normalized spacial score (nSPS) is 12.9. The quantitative estimate of drug-likeness (QED) is 0.338. The lowest BCUT2D eigenvalue weighted by Gasteiger charge is -2.21. The third-order valence-electron chi connectivity index (χ3n) is 2.42. The number of oxime groups is 1. The maximum Gasteiger partial charge on any atom is 0.408 e. The van der Waals surface area contributed by atoms with Gasteiger partial charge in [-0.05, 0) is 27.7 Å². The molecule has 0 fully saturated rings. The number of aromatic nitrogens is 1. The zero-order chi connectivity index (χ0) is 19.2. The standard InChI is InChI=1S/C14H20N4O6S/c1-7(16-13(21)24-14(2,3)4)10(19)23-11(20)9(18-22-5)8-6-25-12(15)17-8/h6-7H,1-5H3,(H2,15,17)(H,16,21)/t7-/m0/s1. The largest absolute Gasteiger partial charge is 0.444 e. The van der Waals surface area contributed by atoms with Crippen LogP contribution in [0.15, 0.2) is 10.5 Å². The number of carbonyl (C=O) groups excluding carboxylic acids is 3. The number of carbonyl (C=O) groups is 3. The molecule has 1 heterocycles. The van der Waals surface area contributed by atoms with E-state index < -0.39 is 29.7 Å². The fourth-order valence-electron chi connectivity index (χ4n) is 1.45. The maximum atomic E-state index is 12.1. The van der Waals surface area contributed by atoms with Gasteiger partial charge in [-0.15, -0.1) is 11.3 Å². The Hall–Kier alpha value is -2.69. The van der Waals surface area contributed by atoms with Gasteiger partial charge in [-0.1, -0.05) is 5.16 Å². The summed E-state index contributed by atoms with van der Waals surface area (Å²) in [7, 11) is 1.22. The van der Waals surface area contributed by atoms with Gasteiger partial charge in [0.15, 0.2) is 5.13 Å². The van der Waals surface area contributed by atoms with Gasteiger partial charge in [0.05, 0.1) is 0 Å². The molecule has 1 aromatic heterocycles. The van der Waals surface area contributed by atoms with Crippen LogP contribution in [0.3, 0.4) is 0 Å². The molecule has 0 saturated carbocycles. The van der Waals surface area contributed by atoms with Crippen LogP contribution in [0.1, 0.15) is 33.4 Å². The highest BCUT2D eigenvalue weighted by atomic mass is 32.1. The third-order valence-corrected chi connectivity index (χ3v) is 3.09. The van der Waals surface area contributed by atoms with Crippen molar-refractivity contribution < 1.29 is 28.7 Å². The molecule has 0 saturated heterocycles. The summed E-state index contributed by atoms with van der Waals surface area (Å²) in [6.07, 6.45) is -0.817. The second kappa shape index (κ2) is 8.42. The van der Waals surface area contributed by atoms with Crippen LogP contribution in [0.5, 0.6) is 0 Å². The first-order valence-corrected chi connectivity index (χ1v) is 7.99. The van der Waals surface area contributed by atoms with Crippen molar-refractivity contribution in [2.24, 2.45) is 5.16 Å². The van der Waals surface area contributed by atoms with Crippen molar-refractivity contribution in [1.82, 2.24) is 10.3 Å². The summed E-state index contributed by atoms with van der Waals surface area (Å²) >= 11 is 1.08. The Morgan fingerprint density at radius 3 is 2.48 bits per heavy atom. The molecular weight excluding hydrogens is 352 g/mol. The van der Waals surface area contributed by atoms with E-state index in [2.05, 4.69) is 25.0 Å². The second-order valence-electron chi connectivity index (χ2n) is 5.77. The van der Waals surface area contributed by atoms with Crippen molar-refractivity contribution >= 4 is 40.2 Å². The van der Waals surface area contributed by atoms with Crippen molar-refractivity contribution in [3.63, 3.8) is 0 Å². The van der Waals surface area contributed by atoms with Crippen LogP contribution >= 0.6 is 11.3 Å². The summed E-state index contributed by atoms with van der Waals surface area (Å²) in [4.78, 5) is 44.1. The number of alkyl carbamates (subject to hydrolysis) is 1. The summed E-state index contributed by atoms with van der Waals surface area (Å²) in [6.45, 7) is 6.36. The number of rotatable bonds is 5. The fourth-order valence-corrected chi connectivity index (χ4v) is 2.00. The van der Waals surface area contributed by atoms with E-state index in [0.29, 0.717) is 0 Å². The van der Waals surface area contributed by atoms with Crippen molar-refractivity contribution in [2.45, 2.75) is 39.3 Å². The van der Waals surface area contributed by atoms with Crippen LogP contribution < -0.4 is 11.1 Å². The third kappa shape index (κ3) is 6.75. The first-order chi connectivity index (χ1) is 11.5. The molecule has 1 rings (SSSR count). The number of nitrogens with one attached hydrogen (secondary N) is 1. The monoisotopic (exact) mass is 372 g/mol. The fraction of sp³-hybridized carbons (Fsp3) is 0.500. The van der Waals surface area contributed by atoms with Gasteiger partial charge in [0.2, 0.25) is 5.71 Å². The number of thiazole rings is 1. The molecule has 0 spiro atoms. The van der Waals surface area contributed by atoms with Crippen LogP contribution in [0, 0.1) is 0 Å². The molecule has 0 bridgehead atoms. The molecule has 0 unspecified atom stereocenters. The highest BCUT2D eigenvalue weighted by Crippen LogP contribution is 2.13. The van der Waals surface area contributed by atoms with E-state index in [-0.39, 0.29) is 16.5 Å². The van der Waals surface area contributed by atoms with E-state index in [1.807, 2.05) is 0 Å². The summed E-state index contributed by atoms with van der Waals surface area (Å²) in [5.41, 5.74) is 4.55. The smallest absolute Gasteiger partial charge is 0.408 e. The number of ether oxygens (including phenoxy) is 2. The van der Waals surface area contributed by atoms with Crippen LogP contribution in [-0.4, -0.2) is 47.5 Å². The summed E-state index contributed by atoms with van der Waals surface area (Å²) in [6, 6.07) is -1.12. The number of nitrogen functional groups attached to an aromatic ring is 1. The number of nitrogens with two attached hydrogens (primary N) is 1. The van der Waals surface area contributed by atoms with Gasteiger partial charge in [0.25, 0.3) is 0 Å². The minimum atomic E-state index is -1.12. The molecule has 1 aromatic rings. The Morgan fingerprint density at radius 2 is 2.00 bits per heavy atom. The Kier molecular flexibility index (Phi) is 6.86. The van der Waals surface area contributed by atoms with Gasteiger partial charge in [0, 0.05) is 5.38 Å². The van der Waals surface area contributed by atoms with Gasteiger partial charge in [-0.25, -0.2) is 19.4 Å². The van der Waals surface area contributed by atoms with Gasteiger partial charge in [-0.2, -0.15) is 0 Å². The molecular formula is C14H20N4O6S. The zero-order valence-electron chi connectivity index (χ0n) is 14.5. The van der Waals surface area contributed by atoms with E-state index in [1.54, 1.807) is 20.8 Å². The average Bonchev–Trinajstić information content (AvgIpc) is 2.88. The minimum absolute atomic E-state index is 0.106. The van der Waals surface area contributed by atoms with Crippen molar-refractivity contribution in [1.29, 1.82) is 0 Å². The number of nitrogens with zero attached hydrogens (tertiary/aromatic N) is 2. The van der Waals surface area contributed by atoms with E-state index >= 15 is 0 Å². The first-order valence-electron chi connectivity index (χ1n) is 7.11. The van der Waals surface area contributed by atoms with Crippen LogP contribution in [-0.2, 0) is 23.9 Å². The number of esters is 2. The first kappa shape index (κ1) is 20.4. The molecule has 10 nitrogen and oxygen atoms in total. The lowest BCUT2D eigenvalue weighted by atomic mass is 10.2. The molecule has 3 N–H and O–H groups in total. The van der Waals surface area contributed by atoms with Crippen LogP contribution in [0.2, 0.25) is 0 Å². The molecule has 11 heteroatoms. The predicted octanol–water partition coefficient (Wildman–Crippen LogP) is 1.06. The molecule has 138 valence electrons. The Balaban J connectivity index is 2.72.